The minimum atomic E-state index is -0.583. The molecule has 2 heterocycles. The molecule has 26 heavy (non-hydrogen) atoms. The van der Waals surface area contributed by atoms with E-state index in [9.17, 15) is 14.7 Å². The van der Waals surface area contributed by atoms with E-state index in [2.05, 4.69) is 10.4 Å². The molecule has 2 aliphatic rings. The van der Waals surface area contributed by atoms with Crippen molar-refractivity contribution in [3.63, 3.8) is 0 Å². The maximum atomic E-state index is 12.5. The minimum Gasteiger partial charge on any atom is -0.391 e. The van der Waals surface area contributed by atoms with Crippen LogP contribution in [0, 0.1) is 12.8 Å². The predicted octanol–water partition coefficient (Wildman–Crippen LogP) is 1.24. The molecule has 0 radical (unpaired) electrons. The van der Waals surface area contributed by atoms with Crippen molar-refractivity contribution < 1.29 is 14.7 Å². The van der Waals surface area contributed by atoms with Gasteiger partial charge < -0.3 is 15.3 Å². The van der Waals surface area contributed by atoms with E-state index < -0.39 is 6.10 Å². The molecule has 2 fully saturated rings. The summed E-state index contributed by atoms with van der Waals surface area (Å²) in [6, 6.07) is 1.55. The zero-order valence-electron chi connectivity index (χ0n) is 15.6. The van der Waals surface area contributed by atoms with Gasteiger partial charge in [0.05, 0.1) is 12.1 Å². The van der Waals surface area contributed by atoms with Crippen LogP contribution in [-0.2, 0) is 16.1 Å². The van der Waals surface area contributed by atoms with Crippen molar-refractivity contribution in [1.82, 2.24) is 20.0 Å². The molecule has 1 saturated heterocycles. The van der Waals surface area contributed by atoms with Crippen LogP contribution in [0.5, 0.6) is 0 Å². The number of rotatable bonds is 6. The third-order valence-electron chi connectivity index (χ3n) is 5.69. The Hall–Kier alpha value is -1.89. The first-order valence-electron chi connectivity index (χ1n) is 9.76. The molecule has 2 atom stereocenters. The SMILES string of the molecule is Cc1ccnn1CCC(=O)N1CC[C@@H](O)[C@H](NC(=O)CC2CCCC2)C1. The van der Waals surface area contributed by atoms with Crippen molar-refractivity contribution in [1.29, 1.82) is 0 Å². The lowest BCUT2D eigenvalue weighted by Crippen LogP contribution is -2.56. The van der Waals surface area contributed by atoms with Crippen molar-refractivity contribution in [3.05, 3.63) is 18.0 Å². The zero-order chi connectivity index (χ0) is 18.5. The van der Waals surface area contributed by atoms with Gasteiger partial charge in [-0.1, -0.05) is 12.8 Å². The molecule has 7 nitrogen and oxygen atoms in total. The van der Waals surface area contributed by atoms with Gasteiger partial charge in [0.2, 0.25) is 11.8 Å². The second-order valence-corrected chi connectivity index (χ2v) is 7.67. The number of amides is 2. The molecule has 0 spiro atoms. The average Bonchev–Trinajstić information content (AvgIpc) is 3.26. The molecule has 1 aromatic heterocycles. The van der Waals surface area contributed by atoms with Crippen LogP contribution in [0.15, 0.2) is 12.3 Å². The molecule has 3 rings (SSSR count). The first-order valence-corrected chi connectivity index (χ1v) is 9.76. The van der Waals surface area contributed by atoms with Crippen LogP contribution in [0.2, 0.25) is 0 Å². The van der Waals surface area contributed by atoms with Gasteiger partial charge in [-0.25, -0.2) is 0 Å². The molecule has 7 heteroatoms. The number of carbonyl (C=O) groups excluding carboxylic acids is 2. The molecule has 0 bridgehead atoms. The Labute approximate surface area is 154 Å². The fraction of sp³-hybridized carbons (Fsp3) is 0.737. The normalized spacial score (nSPS) is 24.0. The minimum absolute atomic E-state index is 0.00224. The van der Waals surface area contributed by atoms with Gasteiger partial charge >= 0.3 is 0 Å². The lowest BCUT2D eigenvalue weighted by molar-refractivity contribution is -0.136. The number of piperidine rings is 1. The summed E-state index contributed by atoms with van der Waals surface area (Å²) in [6.45, 7) is 3.43. The van der Waals surface area contributed by atoms with E-state index in [0.717, 1.165) is 18.5 Å². The van der Waals surface area contributed by atoms with E-state index in [0.29, 0.717) is 44.8 Å². The Morgan fingerprint density at radius 2 is 2.08 bits per heavy atom. The molecule has 144 valence electrons. The first kappa shape index (κ1) is 18.9. The second-order valence-electron chi connectivity index (χ2n) is 7.67. The molecule has 0 unspecified atom stereocenters. The van der Waals surface area contributed by atoms with Gasteiger partial charge in [0.25, 0.3) is 0 Å². The molecule has 0 aromatic carbocycles. The second kappa shape index (κ2) is 8.66. The van der Waals surface area contributed by atoms with E-state index in [-0.39, 0.29) is 17.9 Å². The summed E-state index contributed by atoms with van der Waals surface area (Å²) in [4.78, 5) is 26.5. The van der Waals surface area contributed by atoms with Gasteiger partial charge in [-0.3, -0.25) is 14.3 Å². The monoisotopic (exact) mass is 362 g/mol. The number of aliphatic hydroxyl groups is 1. The van der Waals surface area contributed by atoms with Crippen LogP contribution in [0.1, 0.15) is 50.6 Å². The summed E-state index contributed by atoms with van der Waals surface area (Å²) in [6.07, 6.45) is 7.23. The quantitative estimate of drug-likeness (QED) is 0.797. The van der Waals surface area contributed by atoms with Crippen molar-refractivity contribution in [3.8, 4) is 0 Å². The van der Waals surface area contributed by atoms with Gasteiger partial charge in [0.1, 0.15) is 0 Å². The van der Waals surface area contributed by atoms with Gasteiger partial charge in [-0.2, -0.15) is 5.10 Å². The number of aromatic nitrogens is 2. The van der Waals surface area contributed by atoms with E-state index in [1.165, 1.54) is 12.8 Å². The maximum absolute atomic E-state index is 12.5. The summed E-state index contributed by atoms with van der Waals surface area (Å²) in [5.74, 6) is 0.523. The van der Waals surface area contributed by atoms with Gasteiger partial charge in [-0.05, 0) is 38.2 Å². The molecule has 1 aliphatic heterocycles. The Balaban J connectivity index is 1.47. The predicted molar refractivity (Wildman–Crippen MR) is 97.3 cm³/mol. The van der Waals surface area contributed by atoms with Crippen LogP contribution >= 0.6 is 0 Å². The standard InChI is InChI=1S/C19H30N4O3/c1-14-6-9-20-23(14)11-8-19(26)22-10-7-17(24)16(13-22)21-18(25)12-15-4-2-3-5-15/h6,9,15-17,24H,2-5,7-8,10-13H2,1H3,(H,21,25)/t16-,17-/m1/s1. The number of carbonyl (C=O) groups is 2. The number of likely N-dealkylation sites (tertiary alicyclic amines) is 1. The van der Waals surface area contributed by atoms with Crippen molar-refractivity contribution in [2.45, 2.75) is 70.6 Å². The highest BCUT2D eigenvalue weighted by atomic mass is 16.3. The van der Waals surface area contributed by atoms with Gasteiger partial charge in [0.15, 0.2) is 0 Å². The summed E-state index contributed by atoms with van der Waals surface area (Å²) in [7, 11) is 0. The molecule has 1 aromatic rings. The Kier molecular flexibility index (Phi) is 6.29. The van der Waals surface area contributed by atoms with Crippen LogP contribution in [0.3, 0.4) is 0 Å². The van der Waals surface area contributed by atoms with E-state index in [1.54, 1.807) is 11.1 Å². The summed E-state index contributed by atoms with van der Waals surface area (Å²) >= 11 is 0. The molecule has 2 N–H and O–H groups in total. The van der Waals surface area contributed by atoms with E-state index in [4.69, 9.17) is 0 Å². The van der Waals surface area contributed by atoms with Crippen molar-refractivity contribution >= 4 is 11.8 Å². The summed E-state index contributed by atoms with van der Waals surface area (Å²) in [5.41, 5.74) is 1.03. The van der Waals surface area contributed by atoms with Crippen LogP contribution in [-0.4, -0.2) is 56.8 Å². The molecule has 1 aliphatic carbocycles. The van der Waals surface area contributed by atoms with E-state index in [1.807, 2.05) is 17.7 Å². The van der Waals surface area contributed by atoms with Crippen molar-refractivity contribution in [2.75, 3.05) is 13.1 Å². The topological polar surface area (TPSA) is 87.5 Å². The molecule has 2 amide bonds. The highest BCUT2D eigenvalue weighted by molar-refractivity contribution is 5.78. The fourth-order valence-corrected chi connectivity index (χ4v) is 4.04. The Morgan fingerprint density at radius 3 is 2.77 bits per heavy atom. The summed E-state index contributed by atoms with van der Waals surface area (Å²) in [5, 5.41) is 17.4. The zero-order valence-corrected chi connectivity index (χ0v) is 15.6. The first-order chi connectivity index (χ1) is 12.5. The Morgan fingerprint density at radius 1 is 1.31 bits per heavy atom. The smallest absolute Gasteiger partial charge is 0.224 e. The van der Waals surface area contributed by atoms with Crippen LogP contribution in [0.25, 0.3) is 0 Å². The molecule has 1 saturated carbocycles. The van der Waals surface area contributed by atoms with Crippen molar-refractivity contribution in [2.24, 2.45) is 5.92 Å². The number of nitrogens with zero attached hydrogens (tertiary/aromatic N) is 3. The van der Waals surface area contributed by atoms with Gasteiger partial charge in [0, 0.05) is 44.4 Å². The number of hydrogen-bond acceptors (Lipinski definition) is 4. The Bertz CT molecular complexity index is 624. The van der Waals surface area contributed by atoms with Crippen LogP contribution < -0.4 is 5.32 Å². The number of nitrogens with one attached hydrogen (secondary N) is 1. The highest BCUT2D eigenvalue weighted by Crippen LogP contribution is 2.27. The number of aliphatic hydroxyl groups excluding tert-OH is 1. The third-order valence-corrected chi connectivity index (χ3v) is 5.69. The lowest BCUT2D eigenvalue weighted by atomic mass is 9.99. The van der Waals surface area contributed by atoms with Crippen LogP contribution in [0.4, 0.5) is 0 Å². The largest absolute Gasteiger partial charge is 0.391 e. The third kappa shape index (κ3) is 4.84. The highest BCUT2D eigenvalue weighted by Gasteiger charge is 2.31. The average molecular weight is 362 g/mol. The molecular weight excluding hydrogens is 332 g/mol. The fourth-order valence-electron chi connectivity index (χ4n) is 4.04. The van der Waals surface area contributed by atoms with Gasteiger partial charge in [-0.15, -0.1) is 0 Å². The number of hydrogen-bond donors (Lipinski definition) is 2. The summed E-state index contributed by atoms with van der Waals surface area (Å²) < 4.78 is 1.82. The van der Waals surface area contributed by atoms with E-state index >= 15 is 0 Å². The number of aryl methyl sites for hydroxylation is 2. The maximum Gasteiger partial charge on any atom is 0.224 e. The molecular formula is C19H30N4O3. The lowest BCUT2D eigenvalue weighted by Gasteiger charge is -2.36.